The standard InChI is InChI=1S/C10H16O2/c1-7(2)10(12)5-4-8(3)6-9(10)11/h6-7,12H,4-5H2,1-3H3/t10-/m0/s1. The van der Waals surface area contributed by atoms with Crippen LogP contribution in [-0.2, 0) is 4.79 Å². The van der Waals surface area contributed by atoms with E-state index in [0.717, 1.165) is 12.0 Å². The average molecular weight is 168 g/mol. The van der Waals surface area contributed by atoms with Crippen molar-refractivity contribution in [3.63, 3.8) is 0 Å². The lowest BCUT2D eigenvalue weighted by Crippen LogP contribution is -2.44. The lowest BCUT2D eigenvalue weighted by Gasteiger charge is -2.32. The average Bonchev–Trinajstić information content (AvgIpc) is 1.97. The fraction of sp³-hybridized carbons (Fsp3) is 0.700. The third-order valence-electron chi connectivity index (χ3n) is 2.66. The van der Waals surface area contributed by atoms with Crippen LogP contribution in [-0.4, -0.2) is 16.5 Å². The van der Waals surface area contributed by atoms with E-state index in [2.05, 4.69) is 0 Å². The number of hydrogen-bond donors (Lipinski definition) is 1. The molecule has 2 nitrogen and oxygen atoms in total. The Balaban J connectivity index is 2.90. The van der Waals surface area contributed by atoms with Gasteiger partial charge in [0.25, 0.3) is 0 Å². The van der Waals surface area contributed by atoms with Crippen LogP contribution in [0.3, 0.4) is 0 Å². The zero-order valence-corrected chi connectivity index (χ0v) is 7.92. The summed E-state index contributed by atoms with van der Waals surface area (Å²) in [5, 5.41) is 9.94. The van der Waals surface area contributed by atoms with Crippen molar-refractivity contribution in [1.82, 2.24) is 0 Å². The van der Waals surface area contributed by atoms with E-state index in [1.54, 1.807) is 6.08 Å². The second kappa shape index (κ2) is 3.02. The minimum atomic E-state index is -1.10. The van der Waals surface area contributed by atoms with Crippen LogP contribution in [0.4, 0.5) is 0 Å². The summed E-state index contributed by atoms with van der Waals surface area (Å²) in [4.78, 5) is 11.4. The minimum Gasteiger partial charge on any atom is -0.381 e. The highest BCUT2D eigenvalue weighted by Gasteiger charge is 2.39. The summed E-state index contributed by atoms with van der Waals surface area (Å²) in [6.07, 6.45) is 2.98. The van der Waals surface area contributed by atoms with Crippen molar-refractivity contribution in [2.45, 2.75) is 39.2 Å². The van der Waals surface area contributed by atoms with Crippen LogP contribution in [0.1, 0.15) is 33.6 Å². The lowest BCUT2D eigenvalue weighted by atomic mass is 9.77. The molecule has 0 aromatic rings. The summed E-state index contributed by atoms with van der Waals surface area (Å²) in [7, 11) is 0. The topological polar surface area (TPSA) is 37.3 Å². The Morgan fingerprint density at radius 2 is 2.17 bits per heavy atom. The van der Waals surface area contributed by atoms with E-state index in [1.807, 2.05) is 20.8 Å². The van der Waals surface area contributed by atoms with E-state index >= 15 is 0 Å². The zero-order valence-electron chi connectivity index (χ0n) is 7.92. The molecule has 0 aromatic carbocycles. The first-order chi connectivity index (χ1) is 5.47. The molecule has 0 fully saturated rings. The van der Waals surface area contributed by atoms with Crippen molar-refractivity contribution in [3.05, 3.63) is 11.6 Å². The monoisotopic (exact) mass is 168 g/mol. The summed E-state index contributed by atoms with van der Waals surface area (Å²) >= 11 is 0. The number of allylic oxidation sites excluding steroid dienone is 1. The Kier molecular flexibility index (Phi) is 2.38. The first kappa shape index (κ1) is 9.46. The van der Waals surface area contributed by atoms with Gasteiger partial charge in [0, 0.05) is 0 Å². The molecule has 1 N–H and O–H groups in total. The molecule has 1 aliphatic rings. The number of aliphatic hydroxyl groups is 1. The maximum Gasteiger partial charge on any atom is 0.187 e. The number of rotatable bonds is 1. The van der Waals surface area contributed by atoms with E-state index in [1.165, 1.54) is 0 Å². The third kappa shape index (κ3) is 1.44. The molecular formula is C10H16O2. The van der Waals surface area contributed by atoms with Crippen LogP contribution in [0.2, 0.25) is 0 Å². The van der Waals surface area contributed by atoms with Gasteiger partial charge in [-0.25, -0.2) is 0 Å². The number of carbonyl (C=O) groups is 1. The summed E-state index contributed by atoms with van der Waals surface area (Å²) in [5.74, 6) is -0.115. The van der Waals surface area contributed by atoms with Crippen molar-refractivity contribution < 1.29 is 9.90 Å². The Bertz CT molecular complexity index is 228. The van der Waals surface area contributed by atoms with Gasteiger partial charge in [0.1, 0.15) is 5.60 Å². The molecule has 0 spiro atoms. The third-order valence-corrected chi connectivity index (χ3v) is 2.66. The Hall–Kier alpha value is -0.630. The van der Waals surface area contributed by atoms with Crippen LogP contribution in [0, 0.1) is 5.92 Å². The molecule has 68 valence electrons. The molecule has 0 bridgehead atoms. The molecule has 2 heteroatoms. The van der Waals surface area contributed by atoms with E-state index in [9.17, 15) is 9.90 Å². The van der Waals surface area contributed by atoms with Gasteiger partial charge in [0.15, 0.2) is 5.78 Å². The van der Waals surface area contributed by atoms with Crippen LogP contribution < -0.4 is 0 Å². The van der Waals surface area contributed by atoms with E-state index < -0.39 is 5.60 Å². The smallest absolute Gasteiger partial charge is 0.187 e. The summed E-state index contributed by atoms with van der Waals surface area (Å²) in [6.45, 7) is 5.69. The van der Waals surface area contributed by atoms with E-state index in [-0.39, 0.29) is 11.7 Å². The highest BCUT2D eigenvalue weighted by molar-refractivity contribution is 5.98. The molecule has 12 heavy (non-hydrogen) atoms. The Labute approximate surface area is 73.3 Å². The van der Waals surface area contributed by atoms with Crippen molar-refractivity contribution in [3.8, 4) is 0 Å². The second-order valence-electron chi connectivity index (χ2n) is 3.93. The largest absolute Gasteiger partial charge is 0.381 e. The van der Waals surface area contributed by atoms with Gasteiger partial charge < -0.3 is 5.11 Å². The van der Waals surface area contributed by atoms with Gasteiger partial charge in [0.2, 0.25) is 0 Å². The second-order valence-corrected chi connectivity index (χ2v) is 3.93. The Morgan fingerprint density at radius 3 is 2.58 bits per heavy atom. The molecule has 0 unspecified atom stereocenters. The molecule has 1 atom stereocenters. The molecular weight excluding hydrogens is 152 g/mol. The summed E-state index contributed by atoms with van der Waals surface area (Å²) in [5.41, 5.74) is -0.0233. The number of hydrogen-bond acceptors (Lipinski definition) is 2. The fourth-order valence-corrected chi connectivity index (χ4v) is 1.51. The minimum absolute atomic E-state index is 0.00866. The molecule has 0 saturated carbocycles. The van der Waals surface area contributed by atoms with Crippen molar-refractivity contribution in [1.29, 1.82) is 0 Å². The van der Waals surface area contributed by atoms with Gasteiger partial charge in [-0.3, -0.25) is 4.79 Å². The zero-order chi connectivity index (χ0) is 9.35. The SMILES string of the molecule is CC1=CC(=O)[C@@](O)(C(C)C)CC1. The van der Waals surface area contributed by atoms with Gasteiger partial charge in [-0.2, -0.15) is 0 Å². The molecule has 0 heterocycles. The quantitative estimate of drug-likeness (QED) is 0.646. The predicted octanol–water partition coefficient (Wildman–Crippen LogP) is 1.68. The normalized spacial score (nSPS) is 30.8. The maximum atomic E-state index is 11.4. The van der Waals surface area contributed by atoms with Gasteiger partial charge in [0.05, 0.1) is 0 Å². The van der Waals surface area contributed by atoms with Gasteiger partial charge in [-0.15, -0.1) is 0 Å². The lowest BCUT2D eigenvalue weighted by molar-refractivity contribution is -0.138. The first-order valence-corrected chi connectivity index (χ1v) is 4.41. The maximum absolute atomic E-state index is 11.4. The van der Waals surface area contributed by atoms with Crippen LogP contribution in [0.15, 0.2) is 11.6 Å². The van der Waals surface area contributed by atoms with Crippen molar-refractivity contribution >= 4 is 5.78 Å². The number of carbonyl (C=O) groups excluding carboxylic acids is 1. The van der Waals surface area contributed by atoms with E-state index in [0.29, 0.717) is 6.42 Å². The Morgan fingerprint density at radius 1 is 1.58 bits per heavy atom. The molecule has 0 aromatic heterocycles. The van der Waals surface area contributed by atoms with Gasteiger partial charge >= 0.3 is 0 Å². The molecule has 0 radical (unpaired) electrons. The summed E-state index contributed by atoms with van der Waals surface area (Å²) < 4.78 is 0. The van der Waals surface area contributed by atoms with E-state index in [4.69, 9.17) is 0 Å². The number of ketones is 1. The highest BCUT2D eigenvalue weighted by atomic mass is 16.3. The first-order valence-electron chi connectivity index (χ1n) is 4.41. The van der Waals surface area contributed by atoms with Gasteiger partial charge in [-0.05, 0) is 31.8 Å². The predicted molar refractivity (Wildman–Crippen MR) is 47.8 cm³/mol. The van der Waals surface area contributed by atoms with Crippen molar-refractivity contribution in [2.75, 3.05) is 0 Å². The molecule has 0 saturated heterocycles. The van der Waals surface area contributed by atoms with Crippen LogP contribution in [0.5, 0.6) is 0 Å². The van der Waals surface area contributed by atoms with Gasteiger partial charge in [-0.1, -0.05) is 19.4 Å². The molecule has 1 rings (SSSR count). The van der Waals surface area contributed by atoms with Crippen molar-refractivity contribution in [2.24, 2.45) is 5.92 Å². The summed E-state index contributed by atoms with van der Waals surface area (Å²) in [6, 6.07) is 0. The van der Waals surface area contributed by atoms with Crippen LogP contribution >= 0.6 is 0 Å². The molecule has 1 aliphatic carbocycles. The highest BCUT2D eigenvalue weighted by Crippen LogP contribution is 2.30. The fourth-order valence-electron chi connectivity index (χ4n) is 1.51. The molecule has 0 aliphatic heterocycles. The molecule has 0 amide bonds. The van der Waals surface area contributed by atoms with Crippen LogP contribution in [0.25, 0.3) is 0 Å².